The Kier molecular flexibility index (Phi) is 5.12. The molecule has 1 N–H and O–H groups in total. The summed E-state index contributed by atoms with van der Waals surface area (Å²) in [5.41, 5.74) is 1.85. The topological polar surface area (TPSA) is 35.8 Å². The van der Waals surface area contributed by atoms with E-state index in [0.29, 0.717) is 21.5 Å². The summed E-state index contributed by atoms with van der Waals surface area (Å²) in [6.07, 6.45) is 2.49. The van der Waals surface area contributed by atoms with E-state index in [4.69, 9.17) is 34.8 Å². The maximum atomic E-state index is 9.34. The first-order valence-electron chi connectivity index (χ1n) is 7.25. The Morgan fingerprint density at radius 1 is 1.00 bits per heavy atom. The molecule has 0 aliphatic carbocycles. The molecule has 0 saturated carbocycles. The number of hydrogen-bond acceptors (Lipinski definition) is 3. The van der Waals surface area contributed by atoms with Crippen molar-refractivity contribution in [2.75, 3.05) is 11.6 Å². The van der Waals surface area contributed by atoms with Crippen molar-refractivity contribution >= 4 is 46.7 Å². The summed E-state index contributed by atoms with van der Waals surface area (Å²) >= 11 is 18.3. The molecule has 0 bridgehead atoms. The average molecular weight is 370 g/mol. The number of anilines is 1. The number of hydrogen-bond donors (Lipinski definition) is 1. The van der Waals surface area contributed by atoms with Crippen molar-refractivity contribution in [3.8, 4) is 0 Å². The minimum Gasteiger partial charge on any atom is -0.396 e. The third-order valence-corrected chi connectivity index (χ3v) is 4.67. The van der Waals surface area contributed by atoms with Crippen LogP contribution in [0.5, 0.6) is 0 Å². The Balaban J connectivity index is 2.00. The molecule has 0 saturated heterocycles. The molecule has 2 aromatic carbocycles. The zero-order chi connectivity index (χ0) is 16.4. The molecule has 120 valence electrons. The standard InChI is InChI=1S/C17H15Cl3N2O/c18-13-3-1-11(2-4-13)17-12(7-8-23)10-21-22(17)16-6-5-14(19)9-15(16)20/h1-6,9-10,12,17,23H,7-8H2. The highest BCUT2D eigenvalue weighted by Gasteiger charge is 2.33. The van der Waals surface area contributed by atoms with Gasteiger partial charge < -0.3 is 5.11 Å². The van der Waals surface area contributed by atoms with Crippen LogP contribution in [-0.4, -0.2) is 17.9 Å². The molecule has 0 fully saturated rings. The third-order valence-electron chi connectivity index (χ3n) is 3.88. The number of hydrazone groups is 1. The summed E-state index contributed by atoms with van der Waals surface area (Å²) in [4.78, 5) is 0. The van der Waals surface area contributed by atoms with Crippen LogP contribution < -0.4 is 5.01 Å². The van der Waals surface area contributed by atoms with Crippen LogP contribution in [-0.2, 0) is 0 Å². The molecule has 1 aliphatic rings. The van der Waals surface area contributed by atoms with Crippen LogP contribution in [0.25, 0.3) is 0 Å². The quantitative estimate of drug-likeness (QED) is 0.804. The van der Waals surface area contributed by atoms with E-state index in [2.05, 4.69) is 5.10 Å². The summed E-state index contributed by atoms with van der Waals surface area (Å²) in [5.74, 6) is 0.0907. The van der Waals surface area contributed by atoms with Crippen LogP contribution in [0.3, 0.4) is 0 Å². The lowest BCUT2D eigenvalue weighted by Crippen LogP contribution is -2.25. The smallest absolute Gasteiger partial charge is 0.0855 e. The number of nitrogens with zero attached hydrogens (tertiary/aromatic N) is 2. The van der Waals surface area contributed by atoms with Gasteiger partial charge in [0.1, 0.15) is 0 Å². The molecule has 1 aliphatic heterocycles. The van der Waals surface area contributed by atoms with Crippen molar-refractivity contribution in [3.63, 3.8) is 0 Å². The van der Waals surface area contributed by atoms with Gasteiger partial charge in [-0.1, -0.05) is 46.9 Å². The highest BCUT2D eigenvalue weighted by Crippen LogP contribution is 2.41. The van der Waals surface area contributed by atoms with Crippen molar-refractivity contribution in [1.29, 1.82) is 0 Å². The van der Waals surface area contributed by atoms with E-state index in [9.17, 15) is 5.11 Å². The molecule has 0 radical (unpaired) electrons. The lowest BCUT2D eigenvalue weighted by molar-refractivity contribution is 0.268. The zero-order valence-corrected chi connectivity index (χ0v) is 14.4. The molecule has 1 heterocycles. The second kappa shape index (κ2) is 7.10. The van der Waals surface area contributed by atoms with Crippen molar-refractivity contribution in [1.82, 2.24) is 0 Å². The molecule has 0 aromatic heterocycles. The average Bonchev–Trinajstić information content (AvgIpc) is 2.92. The summed E-state index contributed by atoms with van der Waals surface area (Å²) in [7, 11) is 0. The minimum absolute atomic E-state index is 0.0434. The lowest BCUT2D eigenvalue weighted by atomic mass is 9.92. The van der Waals surface area contributed by atoms with Gasteiger partial charge in [0.05, 0.1) is 16.8 Å². The Hall–Kier alpha value is -1.26. The Morgan fingerprint density at radius 2 is 1.70 bits per heavy atom. The Morgan fingerprint density at radius 3 is 2.35 bits per heavy atom. The first-order chi connectivity index (χ1) is 11.1. The van der Waals surface area contributed by atoms with Crippen molar-refractivity contribution in [2.24, 2.45) is 11.0 Å². The van der Waals surface area contributed by atoms with Gasteiger partial charge in [-0.15, -0.1) is 0 Å². The molecule has 0 amide bonds. The van der Waals surface area contributed by atoms with Gasteiger partial charge in [0, 0.05) is 28.8 Å². The first kappa shape index (κ1) is 16.6. The molecular formula is C17H15Cl3N2O. The molecule has 3 rings (SSSR count). The van der Waals surface area contributed by atoms with Gasteiger partial charge in [0.25, 0.3) is 0 Å². The van der Waals surface area contributed by atoms with Crippen LogP contribution in [0.1, 0.15) is 18.0 Å². The summed E-state index contributed by atoms with van der Waals surface area (Å²) in [5, 5.41) is 17.5. The second-order valence-electron chi connectivity index (χ2n) is 5.38. The van der Waals surface area contributed by atoms with E-state index in [1.54, 1.807) is 12.1 Å². The van der Waals surface area contributed by atoms with Gasteiger partial charge >= 0.3 is 0 Å². The van der Waals surface area contributed by atoms with Gasteiger partial charge in [0.15, 0.2) is 0 Å². The normalized spacial score (nSPS) is 20.3. The predicted octanol–water partition coefficient (Wildman–Crippen LogP) is 5.19. The van der Waals surface area contributed by atoms with Crippen molar-refractivity contribution in [3.05, 3.63) is 63.1 Å². The largest absolute Gasteiger partial charge is 0.396 e. The summed E-state index contributed by atoms with van der Waals surface area (Å²) in [6, 6.07) is 13.0. The number of benzene rings is 2. The maximum absolute atomic E-state index is 9.34. The fourth-order valence-electron chi connectivity index (χ4n) is 2.80. The van der Waals surface area contributed by atoms with Gasteiger partial charge in [-0.25, -0.2) is 0 Å². The molecule has 2 unspecified atom stereocenters. The van der Waals surface area contributed by atoms with E-state index in [-0.39, 0.29) is 18.6 Å². The number of rotatable bonds is 4. The fraction of sp³-hybridized carbons (Fsp3) is 0.235. The minimum atomic E-state index is -0.0434. The van der Waals surface area contributed by atoms with E-state index in [1.165, 1.54) is 0 Å². The van der Waals surface area contributed by atoms with Gasteiger partial charge in [0.2, 0.25) is 0 Å². The molecule has 23 heavy (non-hydrogen) atoms. The van der Waals surface area contributed by atoms with Crippen LogP contribution in [0.4, 0.5) is 5.69 Å². The third kappa shape index (κ3) is 3.48. The fourth-order valence-corrected chi connectivity index (χ4v) is 3.42. The van der Waals surface area contributed by atoms with E-state index in [1.807, 2.05) is 41.6 Å². The number of aliphatic hydroxyl groups is 1. The number of aliphatic hydroxyl groups excluding tert-OH is 1. The molecular weight excluding hydrogens is 355 g/mol. The SMILES string of the molecule is OCCC1C=NN(c2ccc(Cl)cc2Cl)C1c1ccc(Cl)cc1. The highest BCUT2D eigenvalue weighted by atomic mass is 35.5. The first-order valence-corrected chi connectivity index (χ1v) is 8.38. The maximum Gasteiger partial charge on any atom is 0.0855 e. The predicted molar refractivity (Wildman–Crippen MR) is 96.8 cm³/mol. The van der Waals surface area contributed by atoms with Crippen LogP contribution in [0, 0.1) is 5.92 Å². The van der Waals surface area contributed by atoms with Crippen LogP contribution >= 0.6 is 34.8 Å². The lowest BCUT2D eigenvalue weighted by Gasteiger charge is -2.28. The molecule has 3 nitrogen and oxygen atoms in total. The van der Waals surface area contributed by atoms with Crippen LogP contribution in [0.2, 0.25) is 15.1 Å². The Bertz CT molecular complexity index is 718. The second-order valence-corrected chi connectivity index (χ2v) is 6.66. The molecule has 0 spiro atoms. The van der Waals surface area contributed by atoms with Crippen LogP contribution in [0.15, 0.2) is 47.6 Å². The zero-order valence-electron chi connectivity index (χ0n) is 12.2. The molecule has 6 heteroatoms. The van der Waals surface area contributed by atoms with E-state index < -0.39 is 0 Å². The van der Waals surface area contributed by atoms with Crippen molar-refractivity contribution < 1.29 is 5.11 Å². The summed E-state index contributed by atoms with van der Waals surface area (Å²) in [6.45, 7) is 0.100. The molecule has 2 aromatic rings. The summed E-state index contributed by atoms with van der Waals surface area (Å²) < 4.78 is 0. The van der Waals surface area contributed by atoms with E-state index >= 15 is 0 Å². The molecule has 2 atom stereocenters. The highest BCUT2D eigenvalue weighted by molar-refractivity contribution is 6.36. The number of halogens is 3. The van der Waals surface area contributed by atoms with Gasteiger partial charge in [-0.3, -0.25) is 5.01 Å². The van der Waals surface area contributed by atoms with E-state index in [0.717, 1.165) is 11.3 Å². The monoisotopic (exact) mass is 368 g/mol. The van der Waals surface area contributed by atoms with Gasteiger partial charge in [-0.05, 0) is 42.3 Å². The Labute approximate surface area is 150 Å². The van der Waals surface area contributed by atoms with Gasteiger partial charge in [-0.2, -0.15) is 5.10 Å². The van der Waals surface area contributed by atoms with Crippen molar-refractivity contribution in [2.45, 2.75) is 12.5 Å².